The number of hydrogen-bond donors (Lipinski definition) is 3. The molecule has 1 aromatic carbocycles. The Bertz CT molecular complexity index is 1220. The molecule has 4 unspecified atom stereocenters. The van der Waals surface area contributed by atoms with Gasteiger partial charge < -0.3 is 30.5 Å². The molecule has 0 saturated heterocycles. The zero-order chi connectivity index (χ0) is 27.4. The molecular formula is C28H38N8O2. The number of nitriles is 1. The molecular weight excluding hydrogens is 480 g/mol. The highest BCUT2D eigenvalue weighted by atomic mass is 16.5. The summed E-state index contributed by atoms with van der Waals surface area (Å²) in [4.78, 5) is 25.4. The van der Waals surface area contributed by atoms with Gasteiger partial charge in [0.15, 0.2) is 0 Å². The SMILES string of the molecule is C=CC(=O)Nc1cc(Nc2ncc(C#N)c(NC3CC4CC3CC4C)n2)c(OC)cc1N(C)CCN(C)C. The topological polar surface area (TPSA) is 118 Å². The van der Waals surface area contributed by atoms with Gasteiger partial charge in [0.1, 0.15) is 23.2 Å². The first-order chi connectivity index (χ1) is 18.2. The van der Waals surface area contributed by atoms with Gasteiger partial charge in [0.2, 0.25) is 11.9 Å². The average molecular weight is 519 g/mol. The predicted molar refractivity (Wildman–Crippen MR) is 151 cm³/mol. The molecule has 2 aliphatic rings. The van der Waals surface area contributed by atoms with Gasteiger partial charge in [-0.25, -0.2) is 4.98 Å². The van der Waals surface area contributed by atoms with Gasteiger partial charge in [-0.15, -0.1) is 0 Å². The fourth-order valence-electron chi connectivity index (χ4n) is 5.58. The number of rotatable bonds is 11. The van der Waals surface area contributed by atoms with Gasteiger partial charge in [-0.1, -0.05) is 13.5 Å². The molecule has 1 amide bonds. The van der Waals surface area contributed by atoms with Crippen molar-refractivity contribution >= 4 is 34.7 Å². The van der Waals surface area contributed by atoms with Crippen molar-refractivity contribution in [2.24, 2.45) is 17.8 Å². The number of carbonyl (C=O) groups excluding carboxylic acids is 1. The van der Waals surface area contributed by atoms with Crippen LogP contribution in [-0.4, -0.2) is 68.2 Å². The first kappa shape index (κ1) is 27.2. The van der Waals surface area contributed by atoms with Crippen LogP contribution in [0.5, 0.6) is 5.75 Å². The second-order valence-electron chi connectivity index (χ2n) is 10.6. The van der Waals surface area contributed by atoms with Crippen LogP contribution >= 0.6 is 0 Å². The van der Waals surface area contributed by atoms with Crippen molar-refractivity contribution in [3.8, 4) is 11.8 Å². The van der Waals surface area contributed by atoms with Crippen LogP contribution in [0.15, 0.2) is 31.0 Å². The van der Waals surface area contributed by atoms with E-state index in [4.69, 9.17) is 4.74 Å². The van der Waals surface area contributed by atoms with E-state index in [1.54, 1.807) is 13.2 Å². The van der Waals surface area contributed by atoms with Gasteiger partial charge in [0, 0.05) is 32.2 Å². The lowest BCUT2D eigenvalue weighted by Crippen LogP contribution is -2.29. The normalized spacial score (nSPS) is 21.6. The van der Waals surface area contributed by atoms with Gasteiger partial charge in [-0.05, 0) is 63.3 Å². The lowest BCUT2D eigenvalue weighted by Gasteiger charge is -2.27. The van der Waals surface area contributed by atoms with Gasteiger partial charge in [0.05, 0.1) is 30.4 Å². The van der Waals surface area contributed by atoms with E-state index in [1.165, 1.54) is 25.1 Å². The summed E-state index contributed by atoms with van der Waals surface area (Å²) in [5.74, 6) is 3.24. The molecule has 10 nitrogen and oxygen atoms in total. The molecule has 2 bridgehead atoms. The fraction of sp³-hybridized carbons (Fsp3) is 0.500. The van der Waals surface area contributed by atoms with Crippen LogP contribution in [0, 0.1) is 29.1 Å². The average Bonchev–Trinajstić information content (AvgIpc) is 3.46. The van der Waals surface area contributed by atoms with Crippen LogP contribution in [0.1, 0.15) is 31.7 Å². The Morgan fingerprint density at radius 1 is 1.21 bits per heavy atom. The minimum Gasteiger partial charge on any atom is -0.494 e. The standard InChI is InChI=1S/C28H38N8O2/c1-7-26(37)31-22-13-23(25(38-6)14-24(22)36(5)9-8-35(3)4)33-28-30-16-20(15-29)27(34-28)32-21-12-18-11-19(21)10-17(18)2/h7,13-14,16-19,21H,1,8-12H2,2-6H3,(H,31,37)(H2,30,32,33,34). The summed E-state index contributed by atoms with van der Waals surface area (Å²) in [5, 5.41) is 19.3. The Morgan fingerprint density at radius 2 is 2.00 bits per heavy atom. The third-order valence-electron chi connectivity index (χ3n) is 7.74. The largest absolute Gasteiger partial charge is 0.494 e. The highest BCUT2D eigenvalue weighted by molar-refractivity contribution is 6.02. The van der Waals surface area contributed by atoms with Crippen molar-refractivity contribution in [2.45, 2.75) is 32.2 Å². The van der Waals surface area contributed by atoms with E-state index < -0.39 is 0 Å². The number of hydrogen-bond acceptors (Lipinski definition) is 9. The van der Waals surface area contributed by atoms with Crippen molar-refractivity contribution < 1.29 is 9.53 Å². The van der Waals surface area contributed by atoms with E-state index in [0.717, 1.165) is 37.0 Å². The van der Waals surface area contributed by atoms with E-state index >= 15 is 0 Å². The maximum atomic E-state index is 12.2. The maximum absolute atomic E-state index is 12.2. The minimum absolute atomic E-state index is 0.315. The van der Waals surface area contributed by atoms with Crippen molar-refractivity contribution in [3.05, 3.63) is 36.5 Å². The van der Waals surface area contributed by atoms with Crippen LogP contribution in [0.25, 0.3) is 0 Å². The quantitative estimate of drug-likeness (QED) is 0.378. The lowest BCUT2D eigenvalue weighted by atomic mass is 9.87. The molecule has 2 aliphatic carbocycles. The molecule has 4 atom stereocenters. The van der Waals surface area contributed by atoms with Gasteiger partial charge in [-0.3, -0.25) is 4.79 Å². The third-order valence-corrected chi connectivity index (χ3v) is 7.74. The number of carbonyl (C=O) groups is 1. The molecule has 3 N–H and O–H groups in total. The molecule has 0 radical (unpaired) electrons. The minimum atomic E-state index is -0.315. The van der Waals surface area contributed by atoms with E-state index in [0.29, 0.717) is 46.4 Å². The third kappa shape index (κ3) is 6.00. The number of likely N-dealkylation sites (N-methyl/N-ethyl adjacent to an activating group) is 2. The molecule has 2 aromatic rings. The molecule has 4 rings (SSSR count). The van der Waals surface area contributed by atoms with Crippen molar-refractivity contribution in [2.75, 3.05) is 62.2 Å². The van der Waals surface area contributed by atoms with E-state index in [1.807, 2.05) is 27.2 Å². The number of anilines is 5. The Labute approximate surface area is 225 Å². The lowest BCUT2D eigenvalue weighted by molar-refractivity contribution is -0.111. The molecule has 202 valence electrons. The molecule has 0 spiro atoms. The van der Waals surface area contributed by atoms with Gasteiger partial charge in [-0.2, -0.15) is 10.2 Å². The molecule has 1 heterocycles. The smallest absolute Gasteiger partial charge is 0.247 e. The molecule has 2 saturated carbocycles. The zero-order valence-electron chi connectivity index (χ0n) is 22.9. The summed E-state index contributed by atoms with van der Waals surface area (Å²) < 4.78 is 5.69. The molecule has 1 aromatic heterocycles. The number of methoxy groups -OCH3 is 1. The summed E-state index contributed by atoms with van der Waals surface area (Å²) >= 11 is 0. The summed E-state index contributed by atoms with van der Waals surface area (Å²) in [6, 6.07) is 6.20. The number of nitrogens with zero attached hydrogens (tertiary/aromatic N) is 5. The number of fused-ring (bicyclic) bond motifs is 2. The number of nitrogens with one attached hydrogen (secondary N) is 3. The van der Waals surface area contributed by atoms with E-state index in [-0.39, 0.29) is 5.91 Å². The number of amides is 1. The summed E-state index contributed by atoms with van der Waals surface area (Å²) in [6.45, 7) is 7.49. The first-order valence-electron chi connectivity index (χ1n) is 13.0. The first-order valence-corrected chi connectivity index (χ1v) is 13.0. The second-order valence-corrected chi connectivity index (χ2v) is 10.6. The molecule has 2 fully saturated rings. The number of benzene rings is 1. The summed E-state index contributed by atoms with van der Waals surface area (Å²) in [7, 11) is 7.59. The number of aromatic nitrogens is 2. The van der Waals surface area contributed by atoms with Crippen LogP contribution in [0.2, 0.25) is 0 Å². The highest BCUT2D eigenvalue weighted by Gasteiger charge is 2.44. The molecule has 38 heavy (non-hydrogen) atoms. The highest BCUT2D eigenvalue weighted by Crippen LogP contribution is 2.49. The maximum Gasteiger partial charge on any atom is 0.247 e. The second kappa shape index (κ2) is 11.7. The monoisotopic (exact) mass is 518 g/mol. The van der Waals surface area contributed by atoms with Crippen molar-refractivity contribution in [3.63, 3.8) is 0 Å². The fourth-order valence-corrected chi connectivity index (χ4v) is 5.58. The Hall–Kier alpha value is -3.84. The Kier molecular flexibility index (Phi) is 8.37. The molecule has 10 heteroatoms. The van der Waals surface area contributed by atoms with Crippen LogP contribution in [-0.2, 0) is 4.79 Å². The predicted octanol–water partition coefficient (Wildman–Crippen LogP) is 4.07. The van der Waals surface area contributed by atoms with Crippen LogP contribution < -0.4 is 25.6 Å². The summed E-state index contributed by atoms with van der Waals surface area (Å²) in [5.41, 5.74) is 2.40. The Morgan fingerprint density at radius 3 is 2.61 bits per heavy atom. The Balaban J connectivity index is 1.62. The zero-order valence-corrected chi connectivity index (χ0v) is 22.9. The molecule has 0 aliphatic heterocycles. The van der Waals surface area contributed by atoms with E-state index in [9.17, 15) is 10.1 Å². The number of ether oxygens (including phenoxy) is 1. The van der Waals surface area contributed by atoms with E-state index in [2.05, 4.69) is 55.3 Å². The summed E-state index contributed by atoms with van der Waals surface area (Å²) in [6.07, 6.45) is 6.32. The van der Waals surface area contributed by atoms with Crippen LogP contribution in [0.3, 0.4) is 0 Å². The van der Waals surface area contributed by atoms with Crippen molar-refractivity contribution in [1.82, 2.24) is 14.9 Å². The van der Waals surface area contributed by atoms with Crippen LogP contribution in [0.4, 0.5) is 28.8 Å². The van der Waals surface area contributed by atoms with Gasteiger partial charge in [0.25, 0.3) is 0 Å². The van der Waals surface area contributed by atoms with Crippen molar-refractivity contribution in [1.29, 1.82) is 5.26 Å². The van der Waals surface area contributed by atoms with Gasteiger partial charge >= 0.3 is 0 Å².